The van der Waals surface area contributed by atoms with E-state index in [2.05, 4.69) is 27.7 Å². The van der Waals surface area contributed by atoms with Gasteiger partial charge in [0, 0.05) is 0 Å². The largest absolute Gasteiger partial charge is 0.0651 e. The van der Waals surface area contributed by atoms with E-state index in [-0.39, 0.29) is 0 Å². The van der Waals surface area contributed by atoms with Gasteiger partial charge in [0.2, 0.25) is 0 Å². The van der Waals surface area contributed by atoms with Crippen molar-refractivity contribution in [2.24, 2.45) is 29.1 Å². The van der Waals surface area contributed by atoms with E-state index in [0.717, 1.165) is 29.1 Å². The summed E-state index contributed by atoms with van der Waals surface area (Å²) in [4.78, 5) is 0. The molecule has 14 heavy (non-hydrogen) atoms. The summed E-state index contributed by atoms with van der Waals surface area (Å²) in [6.07, 6.45) is 7.41. The van der Waals surface area contributed by atoms with Crippen molar-refractivity contribution in [3.8, 4) is 0 Å². The Balaban J connectivity index is 1.83. The fraction of sp³-hybridized carbons (Fsp3) is 1.00. The zero-order valence-electron chi connectivity index (χ0n) is 10.3. The molecule has 82 valence electrons. The topological polar surface area (TPSA) is 0 Å². The molecule has 2 saturated carbocycles. The molecule has 0 aromatic carbocycles. The lowest BCUT2D eigenvalue weighted by molar-refractivity contribution is 0.0275. The highest BCUT2D eigenvalue weighted by Gasteiger charge is 2.44. The molecule has 0 radical (unpaired) electrons. The maximum Gasteiger partial charge on any atom is -0.0323 e. The summed E-state index contributed by atoms with van der Waals surface area (Å²) in [6.45, 7) is 9.80. The van der Waals surface area contributed by atoms with Crippen LogP contribution in [0.2, 0.25) is 0 Å². The van der Waals surface area contributed by atoms with E-state index in [1.807, 2.05) is 0 Å². The van der Waals surface area contributed by atoms with Crippen LogP contribution in [0.5, 0.6) is 0 Å². The number of hydrogen-bond donors (Lipinski definition) is 0. The highest BCUT2D eigenvalue weighted by molar-refractivity contribution is 4.95. The highest BCUT2D eigenvalue weighted by Crippen LogP contribution is 2.55. The van der Waals surface area contributed by atoms with Crippen molar-refractivity contribution in [2.45, 2.75) is 59.8 Å². The van der Waals surface area contributed by atoms with Gasteiger partial charge in [-0.3, -0.25) is 0 Å². The molecule has 2 fully saturated rings. The van der Waals surface area contributed by atoms with Crippen LogP contribution in [0.1, 0.15) is 59.8 Å². The first-order chi connectivity index (χ1) is 6.56. The minimum absolute atomic E-state index is 0.760. The Hall–Kier alpha value is 0. The molecule has 0 aromatic rings. The lowest BCUT2D eigenvalue weighted by Crippen LogP contribution is -2.39. The SMILES string of the molecule is CCC1C(C)CC1C(C)CC1(C)CC1. The van der Waals surface area contributed by atoms with Gasteiger partial charge in [-0.15, -0.1) is 0 Å². The van der Waals surface area contributed by atoms with Gasteiger partial charge < -0.3 is 0 Å². The van der Waals surface area contributed by atoms with Crippen molar-refractivity contribution in [2.75, 3.05) is 0 Å². The Morgan fingerprint density at radius 3 is 2.43 bits per heavy atom. The molecule has 0 heteroatoms. The molecule has 4 atom stereocenters. The first-order valence-electron chi connectivity index (χ1n) is 6.56. The second kappa shape index (κ2) is 3.54. The molecule has 2 aliphatic carbocycles. The van der Waals surface area contributed by atoms with Crippen molar-refractivity contribution in [1.29, 1.82) is 0 Å². The maximum atomic E-state index is 2.50. The Bertz CT molecular complexity index is 202. The fourth-order valence-electron chi connectivity index (χ4n) is 3.71. The molecule has 2 rings (SSSR count). The third kappa shape index (κ3) is 1.85. The number of hydrogen-bond acceptors (Lipinski definition) is 0. The van der Waals surface area contributed by atoms with Gasteiger partial charge in [-0.1, -0.05) is 34.1 Å². The molecule has 0 spiro atoms. The molecule has 0 aliphatic heterocycles. The maximum absolute atomic E-state index is 2.50. The molecule has 0 nitrogen and oxygen atoms in total. The molecule has 2 aliphatic rings. The minimum Gasteiger partial charge on any atom is -0.0651 e. The zero-order valence-corrected chi connectivity index (χ0v) is 10.3. The van der Waals surface area contributed by atoms with Crippen LogP contribution in [0, 0.1) is 29.1 Å². The van der Waals surface area contributed by atoms with Crippen molar-refractivity contribution < 1.29 is 0 Å². The van der Waals surface area contributed by atoms with Crippen molar-refractivity contribution in [3.05, 3.63) is 0 Å². The molecular formula is C14H26. The fourth-order valence-corrected chi connectivity index (χ4v) is 3.71. The smallest absolute Gasteiger partial charge is 0.0323 e. The van der Waals surface area contributed by atoms with E-state index >= 15 is 0 Å². The summed E-state index contributed by atoms with van der Waals surface area (Å²) < 4.78 is 0. The first-order valence-corrected chi connectivity index (χ1v) is 6.56. The average molecular weight is 194 g/mol. The Morgan fingerprint density at radius 2 is 2.00 bits per heavy atom. The lowest BCUT2D eigenvalue weighted by Gasteiger charge is -2.47. The van der Waals surface area contributed by atoms with E-state index in [1.165, 1.54) is 32.1 Å². The first kappa shape index (κ1) is 10.5. The molecule has 4 unspecified atom stereocenters. The standard InChI is InChI=1S/C14H26/c1-5-12-10(2)8-13(12)11(3)9-14(4)6-7-14/h10-13H,5-9H2,1-4H3. The third-order valence-electron chi connectivity index (χ3n) is 5.05. The van der Waals surface area contributed by atoms with Crippen molar-refractivity contribution >= 4 is 0 Å². The van der Waals surface area contributed by atoms with Gasteiger partial charge in [-0.05, 0) is 54.8 Å². The van der Waals surface area contributed by atoms with Gasteiger partial charge in [0.15, 0.2) is 0 Å². The third-order valence-corrected chi connectivity index (χ3v) is 5.05. The van der Waals surface area contributed by atoms with E-state index in [9.17, 15) is 0 Å². The normalized spacial score (nSPS) is 41.6. The van der Waals surface area contributed by atoms with E-state index in [0.29, 0.717) is 0 Å². The minimum atomic E-state index is 0.760. The van der Waals surface area contributed by atoms with Gasteiger partial charge in [0.25, 0.3) is 0 Å². The van der Waals surface area contributed by atoms with Crippen LogP contribution < -0.4 is 0 Å². The van der Waals surface area contributed by atoms with Crippen molar-refractivity contribution in [3.63, 3.8) is 0 Å². The molecule has 0 amide bonds. The van der Waals surface area contributed by atoms with E-state index < -0.39 is 0 Å². The van der Waals surface area contributed by atoms with Crippen LogP contribution >= 0.6 is 0 Å². The predicted octanol–water partition coefficient (Wildman–Crippen LogP) is 4.49. The van der Waals surface area contributed by atoms with Crippen LogP contribution in [-0.4, -0.2) is 0 Å². The summed E-state index contributed by atoms with van der Waals surface area (Å²) in [5.74, 6) is 4.11. The van der Waals surface area contributed by atoms with Crippen LogP contribution in [0.15, 0.2) is 0 Å². The molecule has 0 N–H and O–H groups in total. The average Bonchev–Trinajstić information content (AvgIpc) is 2.79. The summed E-state index contributed by atoms with van der Waals surface area (Å²) >= 11 is 0. The Labute approximate surface area is 89.5 Å². The van der Waals surface area contributed by atoms with Gasteiger partial charge in [-0.2, -0.15) is 0 Å². The van der Waals surface area contributed by atoms with Crippen LogP contribution in [0.25, 0.3) is 0 Å². The monoisotopic (exact) mass is 194 g/mol. The van der Waals surface area contributed by atoms with Gasteiger partial charge in [0.05, 0.1) is 0 Å². The van der Waals surface area contributed by atoms with Crippen LogP contribution in [-0.2, 0) is 0 Å². The summed E-state index contributed by atoms with van der Waals surface area (Å²) in [7, 11) is 0. The second-order valence-electron chi connectivity index (χ2n) is 6.44. The number of rotatable bonds is 4. The summed E-state index contributed by atoms with van der Waals surface area (Å²) in [6, 6.07) is 0. The van der Waals surface area contributed by atoms with Gasteiger partial charge in [0.1, 0.15) is 0 Å². The van der Waals surface area contributed by atoms with Crippen LogP contribution in [0.4, 0.5) is 0 Å². The highest BCUT2D eigenvalue weighted by atomic mass is 14.5. The van der Waals surface area contributed by atoms with Gasteiger partial charge in [-0.25, -0.2) is 0 Å². The Kier molecular flexibility index (Phi) is 2.66. The predicted molar refractivity (Wildman–Crippen MR) is 62.2 cm³/mol. The lowest BCUT2D eigenvalue weighted by atomic mass is 9.59. The van der Waals surface area contributed by atoms with Gasteiger partial charge >= 0.3 is 0 Å². The molecule has 0 saturated heterocycles. The van der Waals surface area contributed by atoms with Crippen molar-refractivity contribution in [1.82, 2.24) is 0 Å². The van der Waals surface area contributed by atoms with E-state index in [4.69, 9.17) is 0 Å². The summed E-state index contributed by atoms with van der Waals surface area (Å²) in [5, 5.41) is 0. The van der Waals surface area contributed by atoms with Crippen LogP contribution in [0.3, 0.4) is 0 Å². The molecule has 0 aromatic heterocycles. The molecular weight excluding hydrogens is 168 g/mol. The quantitative estimate of drug-likeness (QED) is 0.618. The molecule has 0 heterocycles. The summed E-state index contributed by atoms with van der Waals surface area (Å²) in [5.41, 5.74) is 0.760. The molecule has 0 bridgehead atoms. The second-order valence-corrected chi connectivity index (χ2v) is 6.44. The van der Waals surface area contributed by atoms with E-state index in [1.54, 1.807) is 0 Å². The zero-order chi connectivity index (χ0) is 10.3. The Morgan fingerprint density at radius 1 is 1.36 bits per heavy atom.